The summed E-state index contributed by atoms with van der Waals surface area (Å²) in [5.41, 5.74) is 4.51. The van der Waals surface area contributed by atoms with Crippen LogP contribution in [0.25, 0.3) is 11.2 Å². The molecule has 0 saturated heterocycles. The molecular weight excluding hydrogens is 264 g/mol. The Morgan fingerprint density at radius 1 is 1.05 bits per heavy atom. The van der Waals surface area contributed by atoms with E-state index in [2.05, 4.69) is 20.3 Å². The predicted octanol–water partition coefficient (Wildman–Crippen LogP) is 2.89. The molecule has 0 unspecified atom stereocenters. The molecule has 0 radical (unpaired) electrons. The summed E-state index contributed by atoms with van der Waals surface area (Å²) in [5.74, 6) is -0.205. The molecule has 104 valence electrons. The summed E-state index contributed by atoms with van der Waals surface area (Å²) in [6, 6.07) is 7.63. The first kappa shape index (κ1) is 13.2. The number of hydrogen-bond donors (Lipinski definition) is 1. The summed E-state index contributed by atoms with van der Waals surface area (Å²) in [5, 5.41) is 2.90. The lowest BCUT2D eigenvalue weighted by Crippen LogP contribution is -2.13. The molecule has 0 spiro atoms. The van der Waals surface area contributed by atoms with Gasteiger partial charge in [-0.05, 0) is 37.1 Å². The second-order valence-electron chi connectivity index (χ2n) is 4.90. The van der Waals surface area contributed by atoms with Crippen molar-refractivity contribution in [2.75, 3.05) is 5.32 Å². The zero-order chi connectivity index (χ0) is 14.8. The van der Waals surface area contributed by atoms with E-state index < -0.39 is 0 Å². The fourth-order valence-electron chi connectivity index (χ4n) is 2.05. The topological polar surface area (TPSA) is 67.8 Å². The number of benzene rings is 1. The van der Waals surface area contributed by atoms with Crippen LogP contribution in [0, 0.1) is 13.8 Å². The number of pyridine rings is 1. The minimum Gasteiger partial charge on any atom is -0.322 e. The third-order valence-corrected chi connectivity index (χ3v) is 3.23. The Morgan fingerprint density at radius 3 is 2.71 bits per heavy atom. The first-order valence-electron chi connectivity index (χ1n) is 6.59. The monoisotopic (exact) mass is 278 g/mol. The molecule has 1 amide bonds. The number of rotatable bonds is 2. The van der Waals surface area contributed by atoms with Gasteiger partial charge in [0.05, 0.1) is 5.56 Å². The molecule has 0 aliphatic heterocycles. The van der Waals surface area contributed by atoms with E-state index in [9.17, 15) is 4.79 Å². The fraction of sp³-hybridized carbons (Fsp3) is 0.125. The van der Waals surface area contributed by atoms with E-state index in [0.717, 1.165) is 16.8 Å². The van der Waals surface area contributed by atoms with Gasteiger partial charge in [0.25, 0.3) is 5.91 Å². The largest absolute Gasteiger partial charge is 0.322 e. The molecule has 0 bridgehead atoms. The maximum Gasteiger partial charge on any atom is 0.257 e. The highest BCUT2D eigenvalue weighted by Gasteiger charge is 2.10. The van der Waals surface area contributed by atoms with Gasteiger partial charge in [-0.25, -0.2) is 9.97 Å². The molecule has 1 aromatic carbocycles. The van der Waals surface area contributed by atoms with E-state index >= 15 is 0 Å². The highest BCUT2D eigenvalue weighted by molar-refractivity contribution is 6.05. The van der Waals surface area contributed by atoms with Gasteiger partial charge in [0.1, 0.15) is 5.52 Å². The average Bonchev–Trinajstić information content (AvgIpc) is 2.50. The number of nitrogens with zero attached hydrogens (tertiary/aromatic N) is 3. The van der Waals surface area contributed by atoms with E-state index in [0.29, 0.717) is 16.7 Å². The van der Waals surface area contributed by atoms with Gasteiger partial charge in [0.2, 0.25) is 0 Å². The van der Waals surface area contributed by atoms with Crippen LogP contribution in [0.5, 0.6) is 0 Å². The van der Waals surface area contributed by atoms with Crippen molar-refractivity contribution in [3.05, 3.63) is 59.5 Å². The lowest BCUT2D eigenvalue weighted by atomic mass is 10.1. The predicted molar refractivity (Wildman–Crippen MR) is 81.2 cm³/mol. The van der Waals surface area contributed by atoms with Crippen LogP contribution in [-0.2, 0) is 0 Å². The van der Waals surface area contributed by atoms with Crippen LogP contribution >= 0.6 is 0 Å². The summed E-state index contributed by atoms with van der Waals surface area (Å²) >= 11 is 0. The lowest BCUT2D eigenvalue weighted by molar-refractivity contribution is 0.102. The minimum atomic E-state index is -0.205. The van der Waals surface area contributed by atoms with Gasteiger partial charge < -0.3 is 5.32 Å². The molecule has 0 saturated carbocycles. The summed E-state index contributed by atoms with van der Waals surface area (Å²) in [6.07, 6.45) is 4.67. The molecular formula is C16H14N4O. The number of aromatic nitrogens is 3. The minimum absolute atomic E-state index is 0.205. The van der Waals surface area contributed by atoms with E-state index in [1.54, 1.807) is 18.5 Å². The Kier molecular flexibility index (Phi) is 3.31. The Hall–Kier alpha value is -2.82. The number of anilines is 1. The number of nitrogens with one attached hydrogen (secondary N) is 1. The first-order valence-corrected chi connectivity index (χ1v) is 6.59. The molecule has 0 atom stereocenters. The molecule has 5 nitrogen and oxygen atoms in total. The maximum absolute atomic E-state index is 12.3. The van der Waals surface area contributed by atoms with Crippen molar-refractivity contribution in [3.8, 4) is 0 Å². The summed E-state index contributed by atoms with van der Waals surface area (Å²) in [7, 11) is 0. The third kappa shape index (κ3) is 2.72. The molecule has 2 aromatic heterocycles. The van der Waals surface area contributed by atoms with E-state index in [1.165, 1.54) is 6.20 Å². The van der Waals surface area contributed by atoms with Crippen LogP contribution in [0.2, 0.25) is 0 Å². The Balaban J connectivity index is 1.91. The van der Waals surface area contributed by atoms with Crippen molar-refractivity contribution in [1.29, 1.82) is 0 Å². The molecule has 5 heteroatoms. The third-order valence-electron chi connectivity index (χ3n) is 3.23. The quantitative estimate of drug-likeness (QED) is 0.782. The Bertz CT molecular complexity index is 829. The van der Waals surface area contributed by atoms with Gasteiger partial charge in [-0.3, -0.25) is 9.78 Å². The van der Waals surface area contributed by atoms with Gasteiger partial charge in [-0.1, -0.05) is 12.1 Å². The van der Waals surface area contributed by atoms with E-state index in [4.69, 9.17) is 0 Å². The van der Waals surface area contributed by atoms with E-state index in [-0.39, 0.29) is 5.91 Å². The average molecular weight is 278 g/mol. The molecule has 0 aliphatic carbocycles. The van der Waals surface area contributed by atoms with Crippen molar-refractivity contribution in [2.24, 2.45) is 0 Å². The standard InChI is InChI=1S/C16H14N4O/c1-10-3-4-11(2)13(7-10)20-16(21)12-8-14-15(19-9-12)18-6-5-17-14/h3-9H,1-2H3,(H,20,21). The van der Waals surface area contributed by atoms with Crippen LogP contribution in [-0.4, -0.2) is 20.9 Å². The van der Waals surface area contributed by atoms with Crippen molar-refractivity contribution in [2.45, 2.75) is 13.8 Å². The highest BCUT2D eigenvalue weighted by Crippen LogP contribution is 2.18. The first-order chi connectivity index (χ1) is 10.1. The zero-order valence-electron chi connectivity index (χ0n) is 11.8. The van der Waals surface area contributed by atoms with Crippen LogP contribution < -0.4 is 5.32 Å². The molecule has 21 heavy (non-hydrogen) atoms. The summed E-state index contributed by atoms with van der Waals surface area (Å²) < 4.78 is 0. The number of carbonyl (C=O) groups is 1. The SMILES string of the molecule is Cc1ccc(C)c(NC(=O)c2cnc3nccnc3c2)c1. The lowest BCUT2D eigenvalue weighted by Gasteiger charge is -2.09. The smallest absolute Gasteiger partial charge is 0.257 e. The summed E-state index contributed by atoms with van der Waals surface area (Å²) in [6.45, 7) is 3.95. The molecule has 3 aromatic rings. The van der Waals surface area contributed by atoms with Gasteiger partial charge in [-0.2, -0.15) is 0 Å². The molecule has 0 aliphatic rings. The number of fused-ring (bicyclic) bond motifs is 1. The van der Waals surface area contributed by atoms with Gasteiger partial charge >= 0.3 is 0 Å². The van der Waals surface area contributed by atoms with Crippen molar-refractivity contribution < 1.29 is 4.79 Å². The molecule has 3 rings (SSSR count). The van der Waals surface area contributed by atoms with Crippen molar-refractivity contribution in [3.63, 3.8) is 0 Å². The fourth-order valence-corrected chi connectivity index (χ4v) is 2.05. The number of amides is 1. The van der Waals surface area contributed by atoms with Crippen LogP contribution in [0.15, 0.2) is 42.9 Å². The normalized spacial score (nSPS) is 10.6. The van der Waals surface area contributed by atoms with Crippen molar-refractivity contribution in [1.82, 2.24) is 15.0 Å². The molecule has 1 N–H and O–H groups in total. The number of hydrogen-bond acceptors (Lipinski definition) is 4. The van der Waals surface area contributed by atoms with E-state index in [1.807, 2.05) is 32.0 Å². The van der Waals surface area contributed by atoms with Crippen molar-refractivity contribution >= 4 is 22.8 Å². The molecule has 0 fully saturated rings. The second kappa shape index (κ2) is 5.28. The summed E-state index contributed by atoms with van der Waals surface area (Å²) in [4.78, 5) is 24.7. The number of aryl methyl sites for hydroxylation is 2. The maximum atomic E-state index is 12.3. The van der Waals surface area contributed by atoms with Crippen LogP contribution in [0.1, 0.15) is 21.5 Å². The highest BCUT2D eigenvalue weighted by atomic mass is 16.1. The Morgan fingerprint density at radius 2 is 1.86 bits per heavy atom. The van der Waals surface area contributed by atoms with Crippen LogP contribution in [0.4, 0.5) is 5.69 Å². The zero-order valence-corrected chi connectivity index (χ0v) is 11.8. The second-order valence-corrected chi connectivity index (χ2v) is 4.90. The number of carbonyl (C=O) groups excluding carboxylic acids is 1. The van der Waals surface area contributed by atoms with Gasteiger partial charge in [0.15, 0.2) is 5.65 Å². The Labute approximate surface area is 122 Å². The van der Waals surface area contributed by atoms with Gasteiger partial charge in [-0.15, -0.1) is 0 Å². The van der Waals surface area contributed by atoms with Crippen LogP contribution in [0.3, 0.4) is 0 Å². The van der Waals surface area contributed by atoms with Gasteiger partial charge in [0, 0.05) is 24.3 Å². The molecule has 2 heterocycles.